The van der Waals surface area contributed by atoms with E-state index in [1.165, 1.54) is 0 Å². The Hall–Kier alpha value is -1.82. The molecule has 0 bridgehead atoms. The molecule has 2 rings (SSSR count). The number of hydrogen-bond acceptors (Lipinski definition) is 6. The van der Waals surface area contributed by atoms with Gasteiger partial charge in [-0.3, -0.25) is 0 Å². The zero-order valence-corrected chi connectivity index (χ0v) is 13.4. The summed E-state index contributed by atoms with van der Waals surface area (Å²) in [5.74, 6) is 0.393. The molecule has 0 amide bonds. The molecule has 0 aliphatic rings. The maximum absolute atomic E-state index is 12.3. The van der Waals surface area contributed by atoms with Crippen molar-refractivity contribution in [3.8, 4) is 11.5 Å². The predicted molar refractivity (Wildman–Crippen MR) is 82.3 cm³/mol. The van der Waals surface area contributed by atoms with Crippen molar-refractivity contribution >= 4 is 17.7 Å². The van der Waals surface area contributed by atoms with Crippen molar-refractivity contribution in [3.63, 3.8) is 0 Å². The second-order valence-corrected chi connectivity index (χ2v) is 6.73. The summed E-state index contributed by atoms with van der Waals surface area (Å²) < 4.78 is 10.7. The number of aryl methyl sites for hydroxylation is 1. The van der Waals surface area contributed by atoms with Gasteiger partial charge in [0.2, 0.25) is 11.8 Å². The lowest BCUT2D eigenvalue weighted by Gasteiger charge is -2.21. The van der Waals surface area contributed by atoms with Crippen LogP contribution in [-0.4, -0.2) is 33.8 Å². The van der Waals surface area contributed by atoms with Gasteiger partial charge in [-0.1, -0.05) is 12.1 Å². The zero-order chi connectivity index (χ0) is 15.5. The minimum atomic E-state index is -0.386. The van der Waals surface area contributed by atoms with E-state index in [1.807, 2.05) is 26.2 Å². The first kappa shape index (κ1) is 15.6. The van der Waals surface area contributed by atoms with E-state index in [0.717, 1.165) is 0 Å². The third kappa shape index (κ3) is 3.85. The third-order valence-corrected chi connectivity index (χ3v) is 4.23. The maximum atomic E-state index is 12.3. The fraction of sp³-hybridized carbons (Fsp3) is 0.400. The molecule has 5 nitrogen and oxygen atoms in total. The molecule has 1 aromatic heterocycles. The number of aromatic nitrogens is 2. The van der Waals surface area contributed by atoms with Gasteiger partial charge in [0.1, 0.15) is 6.61 Å². The van der Waals surface area contributed by atoms with Crippen LogP contribution < -0.4 is 0 Å². The van der Waals surface area contributed by atoms with Gasteiger partial charge in [-0.2, -0.15) is 11.8 Å². The topological polar surface area (TPSA) is 65.2 Å². The quantitative estimate of drug-likeness (QED) is 0.789. The molecule has 112 valence electrons. The Morgan fingerprint density at radius 1 is 1.33 bits per heavy atom. The second kappa shape index (κ2) is 6.30. The third-order valence-electron chi connectivity index (χ3n) is 3.01. The van der Waals surface area contributed by atoms with Crippen molar-refractivity contribution in [1.82, 2.24) is 10.2 Å². The Morgan fingerprint density at radius 2 is 2.05 bits per heavy atom. The summed E-state index contributed by atoms with van der Waals surface area (Å²) in [7, 11) is 0. The summed E-state index contributed by atoms with van der Waals surface area (Å²) in [6, 6.07) is 7.06. The zero-order valence-electron chi connectivity index (χ0n) is 12.5. The van der Waals surface area contributed by atoms with Crippen LogP contribution in [-0.2, 0) is 4.74 Å². The average molecular weight is 306 g/mol. The smallest absolute Gasteiger partial charge is 0.338 e. The number of thioether (sulfide) groups is 1. The molecule has 0 atom stereocenters. The van der Waals surface area contributed by atoms with Crippen LogP contribution in [0.15, 0.2) is 28.7 Å². The van der Waals surface area contributed by atoms with Crippen LogP contribution in [0.2, 0.25) is 0 Å². The summed E-state index contributed by atoms with van der Waals surface area (Å²) in [5.41, 5.74) is 1.02. The first-order chi connectivity index (χ1) is 9.93. The second-order valence-electron chi connectivity index (χ2n) is 5.21. The van der Waals surface area contributed by atoms with E-state index in [-0.39, 0.29) is 10.7 Å². The molecule has 0 N–H and O–H groups in total. The van der Waals surface area contributed by atoms with Crippen molar-refractivity contribution in [2.75, 3.05) is 12.9 Å². The summed E-state index contributed by atoms with van der Waals surface area (Å²) in [6.07, 6.45) is 1.99. The number of rotatable bonds is 5. The monoisotopic (exact) mass is 306 g/mol. The summed E-state index contributed by atoms with van der Waals surface area (Å²) in [5, 5.41) is 7.75. The Labute approximate surface area is 128 Å². The minimum Gasteiger partial charge on any atom is -0.461 e. The molecule has 0 aliphatic carbocycles. The van der Waals surface area contributed by atoms with Gasteiger partial charge in [0.05, 0.1) is 11.1 Å². The molecular formula is C15H18N2O3S. The van der Waals surface area contributed by atoms with Gasteiger partial charge in [0.25, 0.3) is 0 Å². The molecule has 0 saturated carbocycles. The number of ether oxygens (including phenoxy) is 1. The summed E-state index contributed by atoms with van der Waals surface area (Å²) in [6.45, 7) is 6.10. The molecule has 0 spiro atoms. The Bertz CT molecular complexity index is 637. The molecule has 2 aromatic rings. The van der Waals surface area contributed by atoms with E-state index < -0.39 is 0 Å². The molecule has 0 fully saturated rings. The maximum Gasteiger partial charge on any atom is 0.338 e. The average Bonchev–Trinajstić information content (AvgIpc) is 2.91. The minimum absolute atomic E-state index is 0.119. The van der Waals surface area contributed by atoms with Crippen LogP contribution in [0.1, 0.15) is 30.1 Å². The first-order valence-corrected chi connectivity index (χ1v) is 7.77. The van der Waals surface area contributed by atoms with Crippen molar-refractivity contribution in [1.29, 1.82) is 0 Å². The van der Waals surface area contributed by atoms with Gasteiger partial charge >= 0.3 is 5.97 Å². The molecular weight excluding hydrogens is 288 g/mol. The summed E-state index contributed by atoms with van der Waals surface area (Å²) in [4.78, 5) is 12.3. The number of carbonyl (C=O) groups is 1. The van der Waals surface area contributed by atoms with Crippen LogP contribution >= 0.6 is 11.8 Å². The lowest BCUT2D eigenvalue weighted by molar-refractivity contribution is 0.0478. The van der Waals surface area contributed by atoms with Crippen LogP contribution in [0.25, 0.3) is 11.5 Å². The number of carbonyl (C=O) groups excluding carboxylic acids is 1. The van der Waals surface area contributed by atoms with Crippen molar-refractivity contribution in [3.05, 3.63) is 35.7 Å². The first-order valence-electron chi connectivity index (χ1n) is 6.55. The standard InChI is InChI=1S/C15H18N2O3S/c1-10-16-17-13(20-10)11-7-5-6-8-12(11)14(18)19-9-15(2,3)21-4/h5-8H,9H2,1-4H3. The fourth-order valence-corrected chi connectivity index (χ4v) is 1.81. The lowest BCUT2D eigenvalue weighted by Crippen LogP contribution is -2.24. The van der Waals surface area contributed by atoms with Gasteiger partial charge in [-0.05, 0) is 32.2 Å². The summed E-state index contributed by atoms with van der Waals surface area (Å²) >= 11 is 1.65. The Kier molecular flexibility index (Phi) is 4.67. The van der Waals surface area contributed by atoms with Gasteiger partial charge in [0, 0.05) is 11.7 Å². The van der Waals surface area contributed by atoms with Gasteiger partial charge in [-0.15, -0.1) is 10.2 Å². The van der Waals surface area contributed by atoms with Gasteiger partial charge < -0.3 is 9.15 Å². The Balaban J connectivity index is 2.22. The number of nitrogens with zero attached hydrogens (tertiary/aromatic N) is 2. The largest absolute Gasteiger partial charge is 0.461 e. The molecule has 1 aromatic carbocycles. The molecule has 0 radical (unpaired) electrons. The number of hydrogen-bond donors (Lipinski definition) is 0. The van der Waals surface area contributed by atoms with E-state index in [2.05, 4.69) is 10.2 Å². The highest BCUT2D eigenvalue weighted by atomic mass is 32.2. The van der Waals surface area contributed by atoms with Crippen LogP contribution in [0, 0.1) is 6.92 Å². The SMILES string of the molecule is CSC(C)(C)COC(=O)c1ccccc1-c1nnc(C)o1. The molecule has 1 heterocycles. The highest BCUT2D eigenvalue weighted by molar-refractivity contribution is 7.99. The van der Waals surface area contributed by atoms with Gasteiger partial charge in [0.15, 0.2) is 0 Å². The lowest BCUT2D eigenvalue weighted by atomic mass is 10.1. The van der Waals surface area contributed by atoms with Crippen molar-refractivity contribution < 1.29 is 13.9 Å². The normalized spacial score (nSPS) is 11.4. The van der Waals surface area contributed by atoms with E-state index in [4.69, 9.17) is 9.15 Å². The van der Waals surface area contributed by atoms with E-state index in [9.17, 15) is 4.79 Å². The van der Waals surface area contributed by atoms with Crippen LogP contribution in [0.4, 0.5) is 0 Å². The Morgan fingerprint density at radius 3 is 2.67 bits per heavy atom. The molecule has 6 heteroatoms. The molecule has 0 unspecified atom stereocenters. The van der Waals surface area contributed by atoms with Gasteiger partial charge in [-0.25, -0.2) is 4.79 Å². The number of benzene rings is 1. The highest BCUT2D eigenvalue weighted by Gasteiger charge is 2.22. The predicted octanol–water partition coefficient (Wildman–Crippen LogP) is 3.34. The van der Waals surface area contributed by atoms with E-state index in [0.29, 0.717) is 29.5 Å². The molecule has 0 aliphatic heterocycles. The van der Waals surface area contributed by atoms with E-state index in [1.54, 1.807) is 36.9 Å². The van der Waals surface area contributed by atoms with Crippen molar-refractivity contribution in [2.45, 2.75) is 25.5 Å². The highest BCUT2D eigenvalue weighted by Crippen LogP contribution is 2.25. The van der Waals surface area contributed by atoms with Crippen LogP contribution in [0.5, 0.6) is 0 Å². The van der Waals surface area contributed by atoms with E-state index >= 15 is 0 Å². The fourth-order valence-electron chi connectivity index (χ4n) is 1.63. The number of esters is 1. The molecule has 0 saturated heterocycles. The van der Waals surface area contributed by atoms with Crippen molar-refractivity contribution in [2.24, 2.45) is 0 Å². The molecule has 21 heavy (non-hydrogen) atoms. The van der Waals surface area contributed by atoms with Crippen LogP contribution in [0.3, 0.4) is 0 Å².